The standard InChI is InChI=1S/C24H25N3O2S/c1-2-29-20-10-8-19(9-11-20)21-14-23(28)27-16-26(17-30-24(27)22(21)15-25)13-12-18-6-4-3-5-7-18/h3-11,21H,2,12-14,16-17H2,1H3/t21-/m1/s1. The van der Waals surface area contributed by atoms with Crippen LogP contribution in [0.4, 0.5) is 0 Å². The Hall–Kier alpha value is -2.75. The van der Waals surface area contributed by atoms with E-state index in [2.05, 4.69) is 35.2 Å². The average molecular weight is 420 g/mol. The van der Waals surface area contributed by atoms with Crippen molar-refractivity contribution in [2.24, 2.45) is 0 Å². The Morgan fingerprint density at radius 2 is 1.93 bits per heavy atom. The first-order chi connectivity index (χ1) is 14.7. The van der Waals surface area contributed by atoms with Gasteiger partial charge in [0.25, 0.3) is 0 Å². The van der Waals surface area contributed by atoms with Crippen molar-refractivity contribution in [3.05, 3.63) is 76.3 Å². The molecule has 0 saturated carbocycles. The van der Waals surface area contributed by atoms with Gasteiger partial charge < -0.3 is 4.74 Å². The number of carbonyl (C=O) groups excluding carboxylic acids is 1. The van der Waals surface area contributed by atoms with E-state index in [9.17, 15) is 10.1 Å². The van der Waals surface area contributed by atoms with Crippen molar-refractivity contribution < 1.29 is 9.53 Å². The number of amides is 1. The summed E-state index contributed by atoms with van der Waals surface area (Å²) in [6.07, 6.45) is 1.27. The minimum absolute atomic E-state index is 0.0831. The van der Waals surface area contributed by atoms with E-state index in [1.165, 1.54) is 5.56 Å². The first kappa shape index (κ1) is 20.5. The first-order valence-corrected chi connectivity index (χ1v) is 11.2. The zero-order chi connectivity index (χ0) is 20.9. The zero-order valence-electron chi connectivity index (χ0n) is 17.1. The molecule has 0 N–H and O–H groups in total. The lowest BCUT2D eigenvalue weighted by Crippen LogP contribution is -2.47. The molecule has 30 heavy (non-hydrogen) atoms. The quantitative estimate of drug-likeness (QED) is 0.697. The van der Waals surface area contributed by atoms with E-state index in [1.54, 1.807) is 16.7 Å². The van der Waals surface area contributed by atoms with Crippen molar-refractivity contribution in [2.45, 2.75) is 25.7 Å². The Morgan fingerprint density at radius 3 is 2.63 bits per heavy atom. The Balaban J connectivity index is 1.49. The van der Waals surface area contributed by atoms with Gasteiger partial charge in [-0.2, -0.15) is 5.26 Å². The highest BCUT2D eigenvalue weighted by Gasteiger charge is 2.38. The highest BCUT2D eigenvalue weighted by Crippen LogP contribution is 2.42. The number of rotatable bonds is 6. The molecule has 1 atom stereocenters. The SMILES string of the molecule is CCOc1ccc([C@H]2CC(=O)N3CN(CCc4ccccc4)CSC3=C2C#N)cc1. The molecule has 2 aromatic carbocycles. The molecule has 0 radical (unpaired) electrons. The van der Waals surface area contributed by atoms with Gasteiger partial charge in [-0.3, -0.25) is 14.6 Å². The van der Waals surface area contributed by atoms with E-state index in [1.807, 2.05) is 37.3 Å². The van der Waals surface area contributed by atoms with Gasteiger partial charge in [-0.1, -0.05) is 54.2 Å². The molecular formula is C24H25N3O2S. The number of carbonyl (C=O) groups is 1. The van der Waals surface area contributed by atoms with Gasteiger partial charge in [0, 0.05) is 18.9 Å². The minimum atomic E-state index is -0.187. The average Bonchev–Trinajstić information content (AvgIpc) is 2.79. The maximum atomic E-state index is 13.0. The molecule has 1 saturated heterocycles. The Labute approximate surface area is 181 Å². The molecule has 1 fully saturated rings. The van der Waals surface area contributed by atoms with Crippen molar-refractivity contribution >= 4 is 17.7 Å². The van der Waals surface area contributed by atoms with E-state index < -0.39 is 0 Å². The summed E-state index contributed by atoms with van der Waals surface area (Å²) in [6, 6.07) is 20.5. The molecule has 0 bridgehead atoms. The third-order valence-corrected chi connectivity index (χ3v) is 6.71. The Bertz CT molecular complexity index is 966. The fraction of sp³-hybridized carbons (Fsp3) is 0.333. The molecule has 154 valence electrons. The lowest BCUT2D eigenvalue weighted by molar-refractivity contribution is -0.131. The van der Waals surface area contributed by atoms with Crippen LogP contribution in [0.2, 0.25) is 0 Å². The van der Waals surface area contributed by atoms with Crippen LogP contribution >= 0.6 is 11.8 Å². The Kier molecular flexibility index (Phi) is 6.41. The van der Waals surface area contributed by atoms with Gasteiger partial charge >= 0.3 is 0 Å². The second-order valence-electron chi connectivity index (χ2n) is 7.46. The lowest BCUT2D eigenvalue weighted by Gasteiger charge is -2.41. The van der Waals surface area contributed by atoms with Crippen molar-refractivity contribution in [1.82, 2.24) is 9.80 Å². The number of nitrogens with zero attached hydrogens (tertiary/aromatic N) is 3. The molecule has 0 aliphatic carbocycles. The molecule has 2 aromatic rings. The molecule has 2 heterocycles. The number of fused-ring (bicyclic) bond motifs is 1. The predicted molar refractivity (Wildman–Crippen MR) is 119 cm³/mol. The summed E-state index contributed by atoms with van der Waals surface area (Å²) >= 11 is 1.60. The number of thioether (sulfide) groups is 1. The van der Waals surface area contributed by atoms with E-state index in [0.29, 0.717) is 25.3 Å². The first-order valence-electron chi connectivity index (χ1n) is 10.3. The molecule has 0 aromatic heterocycles. The molecule has 4 rings (SSSR count). The van der Waals surface area contributed by atoms with Crippen LogP contribution in [0.1, 0.15) is 30.4 Å². The fourth-order valence-corrected chi connectivity index (χ4v) is 5.10. The highest BCUT2D eigenvalue weighted by atomic mass is 32.2. The smallest absolute Gasteiger partial charge is 0.229 e. The number of ether oxygens (including phenoxy) is 1. The van der Waals surface area contributed by atoms with Crippen LogP contribution in [0.3, 0.4) is 0 Å². The number of nitriles is 1. The maximum Gasteiger partial charge on any atom is 0.229 e. The monoisotopic (exact) mass is 419 g/mol. The third-order valence-electron chi connectivity index (χ3n) is 5.50. The fourth-order valence-electron chi connectivity index (χ4n) is 3.93. The normalized spacial score (nSPS) is 19.4. The molecule has 0 unspecified atom stereocenters. The second-order valence-corrected chi connectivity index (χ2v) is 8.39. The van der Waals surface area contributed by atoms with E-state index in [0.717, 1.165) is 35.2 Å². The van der Waals surface area contributed by atoms with Crippen LogP contribution in [0.15, 0.2) is 65.2 Å². The maximum absolute atomic E-state index is 13.0. The van der Waals surface area contributed by atoms with E-state index >= 15 is 0 Å². The Morgan fingerprint density at radius 1 is 1.17 bits per heavy atom. The highest BCUT2D eigenvalue weighted by molar-refractivity contribution is 8.03. The van der Waals surface area contributed by atoms with Crippen LogP contribution in [0, 0.1) is 11.3 Å². The third kappa shape index (κ3) is 4.38. The molecule has 2 aliphatic rings. The van der Waals surface area contributed by atoms with Crippen LogP contribution in [-0.4, -0.2) is 41.4 Å². The summed E-state index contributed by atoms with van der Waals surface area (Å²) in [4.78, 5) is 17.0. The van der Waals surface area contributed by atoms with Gasteiger partial charge in [0.15, 0.2) is 0 Å². The molecule has 5 nitrogen and oxygen atoms in total. The number of benzene rings is 2. The van der Waals surface area contributed by atoms with Crippen molar-refractivity contribution in [2.75, 3.05) is 25.7 Å². The number of hydrogen-bond donors (Lipinski definition) is 0. The molecule has 2 aliphatic heterocycles. The molecule has 0 spiro atoms. The van der Waals surface area contributed by atoms with Crippen LogP contribution in [0.5, 0.6) is 5.75 Å². The van der Waals surface area contributed by atoms with E-state index in [4.69, 9.17) is 4.74 Å². The lowest BCUT2D eigenvalue weighted by atomic mass is 9.86. The molecule has 1 amide bonds. The van der Waals surface area contributed by atoms with Gasteiger partial charge in [0.1, 0.15) is 5.75 Å². The number of allylic oxidation sites excluding steroid dienone is 1. The van der Waals surface area contributed by atoms with Crippen molar-refractivity contribution in [1.29, 1.82) is 5.26 Å². The second kappa shape index (κ2) is 9.38. The number of hydrogen-bond acceptors (Lipinski definition) is 5. The molecular weight excluding hydrogens is 394 g/mol. The van der Waals surface area contributed by atoms with E-state index in [-0.39, 0.29) is 11.8 Å². The van der Waals surface area contributed by atoms with Crippen LogP contribution in [0.25, 0.3) is 0 Å². The summed E-state index contributed by atoms with van der Waals surface area (Å²) < 4.78 is 5.51. The van der Waals surface area contributed by atoms with Gasteiger partial charge in [0.05, 0.1) is 35.8 Å². The zero-order valence-corrected chi connectivity index (χ0v) is 17.9. The summed E-state index contributed by atoms with van der Waals surface area (Å²) in [6.45, 7) is 4.00. The topological polar surface area (TPSA) is 56.6 Å². The van der Waals surface area contributed by atoms with Crippen molar-refractivity contribution in [3.8, 4) is 11.8 Å². The van der Waals surface area contributed by atoms with Crippen LogP contribution < -0.4 is 4.74 Å². The van der Waals surface area contributed by atoms with Gasteiger partial charge in [-0.05, 0) is 36.6 Å². The predicted octanol–water partition coefficient (Wildman–Crippen LogP) is 4.34. The van der Waals surface area contributed by atoms with Gasteiger partial charge in [0.2, 0.25) is 5.91 Å². The minimum Gasteiger partial charge on any atom is -0.494 e. The van der Waals surface area contributed by atoms with Gasteiger partial charge in [-0.15, -0.1) is 0 Å². The summed E-state index contributed by atoms with van der Waals surface area (Å²) in [5.74, 6) is 1.48. The summed E-state index contributed by atoms with van der Waals surface area (Å²) in [5, 5.41) is 10.7. The molecule has 6 heteroatoms. The largest absolute Gasteiger partial charge is 0.494 e. The van der Waals surface area contributed by atoms with Crippen LogP contribution in [-0.2, 0) is 11.2 Å². The van der Waals surface area contributed by atoms with Crippen molar-refractivity contribution in [3.63, 3.8) is 0 Å². The summed E-state index contributed by atoms with van der Waals surface area (Å²) in [7, 11) is 0. The van der Waals surface area contributed by atoms with Gasteiger partial charge in [-0.25, -0.2) is 0 Å². The summed E-state index contributed by atoms with van der Waals surface area (Å²) in [5.41, 5.74) is 2.98.